The number of hydrogen-bond donors (Lipinski definition) is 0. The Morgan fingerprint density at radius 3 is 2.47 bits per heavy atom. The van der Waals surface area contributed by atoms with Crippen molar-refractivity contribution in [3.63, 3.8) is 0 Å². The molecule has 0 atom stereocenters. The highest BCUT2D eigenvalue weighted by Crippen LogP contribution is 2.26. The highest BCUT2D eigenvalue weighted by Gasteiger charge is 2.00. The quantitative estimate of drug-likeness (QED) is 0.716. The Kier molecular flexibility index (Phi) is 6.66. The van der Waals surface area contributed by atoms with Gasteiger partial charge in [-0.05, 0) is 26.2 Å². The summed E-state index contributed by atoms with van der Waals surface area (Å²) >= 11 is 11.7. The molecule has 0 saturated heterocycles. The first-order valence-electron chi connectivity index (χ1n) is 5.40. The lowest BCUT2D eigenvalue weighted by atomic mass is 10.3. The summed E-state index contributed by atoms with van der Waals surface area (Å²) in [7, 11) is 4.02. The molecule has 0 aliphatic carbocycles. The van der Waals surface area contributed by atoms with Gasteiger partial charge in [-0.25, -0.2) is 0 Å². The minimum Gasteiger partial charge on any atom is -0.491 e. The molecule has 1 aromatic carbocycles. The highest BCUT2D eigenvalue weighted by atomic mass is 35.5. The topological polar surface area (TPSA) is 21.7 Å². The second kappa shape index (κ2) is 7.77. The Hall–Kier alpha value is -0.480. The number of halogens is 2. The molecule has 0 fully saturated rings. The van der Waals surface area contributed by atoms with Crippen LogP contribution in [0, 0.1) is 0 Å². The zero-order chi connectivity index (χ0) is 12.7. The third-order valence-electron chi connectivity index (χ3n) is 2.07. The lowest BCUT2D eigenvalue weighted by Gasteiger charge is -2.10. The third kappa shape index (κ3) is 6.13. The lowest BCUT2D eigenvalue weighted by Crippen LogP contribution is -2.19. The van der Waals surface area contributed by atoms with Crippen molar-refractivity contribution in [3.05, 3.63) is 28.2 Å². The minimum atomic E-state index is 0.498. The average molecular weight is 278 g/mol. The molecule has 0 N–H and O–H groups in total. The van der Waals surface area contributed by atoms with Crippen LogP contribution in [0.15, 0.2) is 18.2 Å². The van der Waals surface area contributed by atoms with Crippen molar-refractivity contribution < 1.29 is 9.47 Å². The molecule has 1 rings (SSSR count). The van der Waals surface area contributed by atoms with Crippen molar-refractivity contribution in [2.75, 3.05) is 40.5 Å². The number of hydrogen-bond acceptors (Lipinski definition) is 3. The molecular formula is C12H17Cl2NO2. The van der Waals surface area contributed by atoms with Gasteiger partial charge in [0, 0.05) is 12.6 Å². The molecule has 0 amide bonds. The van der Waals surface area contributed by atoms with Crippen molar-refractivity contribution in [1.29, 1.82) is 0 Å². The number of ether oxygens (including phenoxy) is 2. The van der Waals surface area contributed by atoms with Gasteiger partial charge < -0.3 is 14.4 Å². The maximum atomic E-state index is 5.86. The molecule has 17 heavy (non-hydrogen) atoms. The summed E-state index contributed by atoms with van der Waals surface area (Å²) in [5, 5.41) is 1.03. The van der Waals surface area contributed by atoms with Crippen LogP contribution < -0.4 is 4.74 Å². The predicted octanol–water partition coefficient (Wildman–Crippen LogP) is 2.95. The summed E-state index contributed by atoms with van der Waals surface area (Å²) in [6.07, 6.45) is 0. The van der Waals surface area contributed by atoms with Crippen LogP contribution in [-0.2, 0) is 4.74 Å². The van der Waals surface area contributed by atoms with Gasteiger partial charge in [-0.1, -0.05) is 23.2 Å². The molecule has 1 aromatic rings. The first-order valence-corrected chi connectivity index (χ1v) is 6.15. The largest absolute Gasteiger partial charge is 0.491 e. The average Bonchev–Trinajstić information content (AvgIpc) is 2.27. The fourth-order valence-electron chi connectivity index (χ4n) is 1.13. The molecule has 0 radical (unpaired) electrons. The van der Waals surface area contributed by atoms with Crippen molar-refractivity contribution in [3.8, 4) is 5.75 Å². The Bertz CT molecular complexity index is 345. The predicted molar refractivity (Wildman–Crippen MR) is 71.3 cm³/mol. The van der Waals surface area contributed by atoms with E-state index in [1.165, 1.54) is 0 Å². The SMILES string of the molecule is CN(C)CCOCCOc1ccc(Cl)c(Cl)c1. The Morgan fingerprint density at radius 2 is 1.82 bits per heavy atom. The van der Waals surface area contributed by atoms with E-state index in [-0.39, 0.29) is 0 Å². The molecule has 3 nitrogen and oxygen atoms in total. The standard InChI is InChI=1S/C12H17Cl2NO2/c1-15(2)5-6-16-7-8-17-10-3-4-11(13)12(14)9-10/h3-4,9H,5-8H2,1-2H3. The highest BCUT2D eigenvalue weighted by molar-refractivity contribution is 6.42. The zero-order valence-electron chi connectivity index (χ0n) is 10.1. The zero-order valence-corrected chi connectivity index (χ0v) is 11.6. The van der Waals surface area contributed by atoms with E-state index in [9.17, 15) is 0 Å². The van der Waals surface area contributed by atoms with Gasteiger partial charge in [0.25, 0.3) is 0 Å². The summed E-state index contributed by atoms with van der Waals surface area (Å²) in [5.41, 5.74) is 0. The van der Waals surface area contributed by atoms with Crippen molar-refractivity contribution in [2.45, 2.75) is 0 Å². The molecule has 0 saturated carbocycles. The molecule has 0 heterocycles. The molecule has 0 aliphatic rings. The van der Waals surface area contributed by atoms with Gasteiger partial charge in [0.05, 0.1) is 23.3 Å². The van der Waals surface area contributed by atoms with Crippen LogP contribution in [0.25, 0.3) is 0 Å². The number of likely N-dealkylation sites (N-methyl/N-ethyl adjacent to an activating group) is 1. The van der Waals surface area contributed by atoms with E-state index >= 15 is 0 Å². The smallest absolute Gasteiger partial charge is 0.121 e. The molecule has 0 aliphatic heterocycles. The number of nitrogens with zero attached hydrogens (tertiary/aromatic N) is 1. The van der Waals surface area contributed by atoms with Crippen LogP contribution in [0.2, 0.25) is 10.0 Å². The van der Waals surface area contributed by atoms with Crippen molar-refractivity contribution in [1.82, 2.24) is 4.90 Å². The van der Waals surface area contributed by atoms with Crippen molar-refractivity contribution in [2.24, 2.45) is 0 Å². The molecule has 0 aromatic heterocycles. The van der Waals surface area contributed by atoms with E-state index in [0.29, 0.717) is 35.6 Å². The Labute approximate surface area is 112 Å². The van der Waals surface area contributed by atoms with Crippen LogP contribution in [0.5, 0.6) is 5.75 Å². The lowest BCUT2D eigenvalue weighted by molar-refractivity contribution is 0.0890. The van der Waals surface area contributed by atoms with Gasteiger partial charge in [-0.3, -0.25) is 0 Å². The summed E-state index contributed by atoms with van der Waals surface area (Å²) in [6, 6.07) is 5.20. The molecule has 5 heteroatoms. The van der Waals surface area contributed by atoms with E-state index in [4.69, 9.17) is 32.7 Å². The summed E-state index contributed by atoms with van der Waals surface area (Å²) in [6.45, 7) is 2.68. The van der Waals surface area contributed by atoms with Gasteiger partial charge in [-0.15, -0.1) is 0 Å². The Balaban J connectivity index is 2.16. The van der Waals surface area contributed by atoms with E-state index in [2.05, 4.69) is 4.90 Å². The molecule has 96 valence electrons. The van der Waals surface area contributed by atoms with Crippen LogP contribution in [0.1, 0.15) is 0 Å². The van der Waals surface area contributed by atoms with E-state index in [1.807, 2.05) is 14.1 Å². The second-order valence-electron chi connectivity index (χ2n) is 3.84. The van der Waals surface area contributed by atoms with Gasteiger partial charge in [0.2, 0.25) is 0 Å². The summed E-state index contributed by atoms with van der Waals surface area (Å²) in [4.78, 5) is 2.07. The Morgan fingerprint density at radius 1 is 1.06 bits per heavy atom. The van der Waals surface area contributed by atoms with Gasteiger partial charge in [0.15, 0.2) is 0 Å². The van der Waals surface area contributed by atoms with Crippen LogP contribution in [0.4, 0.5) is 0 Å². The summed E-state index contributed by atoms with van der Waals surface area (Å²) in [5.74, 6) is 0.704. The normalized spacial score (nSPS) is 10.9. The van der Waals surface area contributed by atoms with E-state index < -0.39 is 0 Å². The van der Waals surface area contributed by atoms with E-state index in [0.717, 1.165) is 6.54 Å². The molecular weight excluding hydrogens is 261 g/mol. The minimum absolute atomic E-state index is 0.498. The van der Waals surface area contributed by atoms with Gasteiger partial charge in [0.1, 0.15) is 12.4 Å². The second-order valence-corrected chi connectivity index (χ2v) is 4.65. The van der Waals surface area contributed by atoms with Crippen LogP contribution in [0.3, 0.4) is 0 Å². The number of benzene rings is 1. The third-order valence-corrected chi connectivity index (χ3v) is 2.81. The van der Waals surface area contributed by atoms with Gasteiger partial charge in [-0.2, -0.15) is 0 Å². The van der Waals surface area contributed by atoms with Crippen LogP contribution >= 0.6 is 23.2 Å². The first kappa shape index (κ1) is 14.6. The van der Waals surface area contributed by atoms with Crippen LogP contribution in [-0.4, -0.2) is 45.4 Å². The van der Waals surface area contributed by atoms with Crippen molar-refractivity contribution >= 4 is 23.2 Å². The monoisotopic (exact) mass is 277 g/mol. The fraction of sp³-hybridized carbons (Fsp3) is 0.500. The summed E-state index contributed by atoms with van der Waals surface area (Å²) < 4.78 is 10.9. The molecule has 0 unspecified atom stereocenters. The number of rotatable bonds is 7. The maximum absolute atomic E-state index is 5.86. The van der Waals surface area contributed by atoms with Gasteiger partial charge >= 0.3 is 0 Å². The first-order chi connectivity index (χ1) is 8.09. The molecule has 0 spiro atoms. The fourth-order valence-corrected chi connectivity index (χ4v) is 1.42. The van der Waals surface area contributed by atoms with E-state index in [1.54, 1.807) is 18.2 Å². The molecule has 0 bridgehead atoms. The maximum Gasteiger partial charge on any atom is 0.121 e.